The van der Waals surface area contributed by atoms with E-state index < -0.39 is 0 Å². The van der Waals surface area contributed by atoms with Gasteiger partial charge in [0, 0.05) is 0 Å². The lowest BCUT2D eigenvalue weighted by atomic mass is 10.0. The normalized spacial score (nSPS) is 82.4. The second-order valence-corrected chi connectivity index (χ2v) is 8.45. The smallest absolute Gasteiger partial charge is 0.00152 e. The van der Waals surface area contributed by atoms with E-state index in [1.165, 1.54) is 11.2 Å². The van der Waals surface area contributed by atoms with Crippen LogP contribution in [0.2, 0.25) is 0 Å². The first-order valence-electron chi connectivity index (χ1n) is 3.89. The molecule has 0 nitrogen and oxygen atoms in total. The molecule has 1 heteroatoms. The Bertz CT molecular complexity index is 173. The fourth-order valence-corrected chi connectivity index (χ4v) is 8.61. The molecule has 0 aromatic heterocycles. The van der Waals surface area contributed by atoms with Crippen LogP contribution in [0.15, 0.2) is 0 Å². The molecule has 52 valence electrons. The van der Waals surface area contributed by atoms with E-state index in [0.29, 0.717) is 0 Å². The molecule has 0 aromatic rings. The van der Waals surface area contributed by atoms with Gasteiger partial charge in [0.25, 0.3) is 0 Å². The lowest BCUT2D eigenvalue weighted by Crippen LogP contribution is -2.24. The van der Waals surface area contributed by atoms with Crippen molar-refractivity contribution in [2.24, 2.45) is 11.3 Å². The molecule has 0 radical (unpaired) electrons. The van der Waals surface area contributed by atoms with Crippen molar-refractivity contribution in [2.75, 3.05) is 17.8 Å². The summed E-state index contributed by atoms with van der Waals surface area (Å²) in [7, 11) is 0.0341. The van der Waals surface area contributed by atoms with Crippen molar-refractivity contribution < 1.29 is 0 Å². The average Bonchev–Trinajstić information content (AvgIpc) is 2.17. The Hall–Kier alpha value is 0.350. The van der Waals surface area contributed by atoms with Crippen molar-refractivity contribution in [3.8, 4) is 0 Å². The number of fused-ring (bicyclic) bond motifs is 1. The molecule has 0 N–H and O–H groups in total. The van der Waals surface area contributed by atoms with Crippen molar-refractivity contribution in [1.29, 1.82) is 0 Å². The largest absolute Gasteiger partial charge is 0.240 e. The summed E-state index contributed by atoms with van der Waals surface area (Å²) in [6.07, 6.45) is 4.15. The molecule has 2 heterocycles. The molecular formula is C8H14S. The maximum atomic E-state index is 2.58. The molecule has 3 rings (SSSR count). The van der Waals surface area contributed by atoms with Gasteiger partial charge in [-0.15, -0.1) is 0 Å². The van der Waals surface area contributed by atoms with Crippen LogP contribution in [0.1, 0.15) is 13.3 Å². The number of hydrogen-bond donors (Lipinski definition) is 0. The molecule has 0 aromatic carbocycles. The lowest BCUT2D eigenvalue weighted by molar-refractivity contribution is 0.514. The van der Waals surface area contributed by atoms with Gasteiger partial charge < -0.3 is 0 Å². The second-order valence-electron chi connectivity index (χ2n) is 4.50. The molecular weight excluding hydrogens is 128 g/mol. The van der Waals surface area contributed by atoms with E-state index >= 15 is 0 Å². The summed E-state index contributed by atoms with van der Waals surface area (Å²) in [5.41, 5.74) is 0.893. The van der Waals surface area contributed by atoms with Gasteiger partial charge >= 0.3 is 0 Å². The maximum absolute atomic E-state index is 2.58. The van der Waals surface area contributed by atoms with Crippen LogP contribution in [-0.4, -0.2) is 23.0 Å². The fraction of sp³-hybridized carbons (Fsp3) is 1.00. The van der Waals surface area contributed by atoms with Crippen LogP contribution in [0.3, 0.4) is 0 Å². The Kier molecular flexibility index (Phi) is 0.556. The van der Waals surface area contributed by atoms with Crippen LogP contribution < -0.4 is 0 Å². The van der Waals surface area contributed by atoms with E-state index in [-0.39, 0.29) is 10.0 Å². The molecule has 0 spiro atoms. The Morgan fingerprint density at radius 3 is 2.44 bits per heavy atom. The molecule has 4 atom stereocenters. The monoisotopic (exact) mass is 142 g/mol. The SMILES string of the molecule is CC12CCS3(C)CC1C23. The highest BCUT2D eigenvalue weighted by atomic mass is 32.3. The Morgan fingerprint density at radius 1 is 1.56 bits per heavy atom. The van der Waals surface area contributed by atoms with Crippen molar-refractivity contribution >= 4 is 10.0 Å². The zero-order chi connectivity index (χ0) is 6.28. The van der Waals surface area contributed by atoms with Gasteiger partial charge in [-0.3, -0.25) is 0 Å². The molecule has 2 aliphatic heterocycles. The molecule has 1 aliphatic carbocycles. The Labute approximate surface area is 58.3 Å². The van der Waals surface area contributed by atoms with Crippen LogP contribution in [0.25, 0.3) is 0 Å². The predicted octanol–water partition coefficient (Wildman–Crippen LogP) is 1.84. The van der Waals surface area contributed by atoms with Gasteiger partial charge in [0.15, 0.2) is 0 Å². The highest BCUT2D eigenvalue weighted by molar-refractivity contribution is 8.35. The summed E-state index contributed by atoms with van der Waals surface area (Å²) in [4.78, 5) is 0. The quantitative estimate of drug-likeness (QED) is 0.484. The Morgan fingerprint density at radius 2 is 2.33 bits per heavy atom. The molecule has 3 aliphatic rings. The number of hydrogen-bond acceptors (Lipinski definition) is 0. The minimum absolute atomic E-state index is 0.0341. The summed E-state index contributed by atoms with van der Waals surface area (Å²) in [6.45, 7) is 2.52. The maximum Gasteiger partial charge on any atom is -0.00152 e. The summed E-state index contributed by atoms with van der Waals surface area (Å²) in [5, 5.41) is 1.25. The van der Waals surface area contributed by atoms with Crippen molar-refractivity contribution in [1.82, 2.24) is 0 Å². The van der Waals surface area contributed by atoms with Crippen molar-refractivity contribution in [2.45, 2.75) is 18.6 Å². The average molecular weight is 142 g/mol. The molecule has 0 amide bonds. The molecule has 0 bridgehead atoms. The zero-order valence-corrected chi connectivity index (χ0v) is 7.00. The molecule has 1 saturated carbocycles. The first-order chi connectivity index (χ1) is 4.17. The standard InChI is InChI=1S/C8H14S/c1-8-3-4-9(2)5-6(8)7(8)9/h6-7H,3-5H2,1-2H3. The van der Waals surface area contributed by atoms with Gasteiger partial charge in [-0.05, 0) is 40.8 Å². The molecule has 3 fully saturated rings. The fourth-order valence-electron chi connectivity index (χ4n) is 3.32. The van der Waals surface area contributed by atoms with Gasteiger partial charge in [-0.1, -0.05) is 6.92 Å². The third-order valence-corrected chi connectivity index (χ3v) is 8.38. The van der Waals surface area contributed by atoms with E-state index in [9.17, 15) is 0 Å². The second kappa shape index (κ2) is 0.990. The van der Waals surface area contributed by atoms with Crippen LogP contribution >= 0.6 is 10.0 Å². The van der Waals surface area contributed by atoms with E-state index in [1.807, 2.05) is 0 Å². The van der Waals surface area contributed by atoms with Crippen LogP contribution in [0, 0.1) is 11.3 Å². The highest BCUT2D eigenvalue weighted by Crippen LogP contribution is 2.89. The van der Waals surface area contributed by atoms with E-state index in [2.05, 4.69) is 13.2 Å². The molecule has 4 unspecified atom stereocenters. The molecule has 9 heavy (non-hydrogen) atoms. The summed E-state index contributed by atoms with van der Waals surface area (Å²) in [6, 6.07) is 0. The topological polar surface area (TPSA) is 0 Å². The lowest BCUT2D eigenvalue weighted by Gasteiger charge is -2.43. The Balaban J connectivity index is 2.08. The van der Waals surface area contributed by atoms with E-state index in [4.69, 9.17) is 0 Å². The minimum Gasteiger partial charge on any atom is -0.240 e. The predicted molar refractivity (Wildman–Crippen MR) is 43.3 cm³/mol. The van der Waals surface area contributed by atoms with Gasteiger partial charge in [-0.2, -0.15) is 0 Å². The van der Waals surface area contributed by atoms with Gasteiger partial charge in [0.05, 0.1) is 0 Å². The summed E-state index contributed by atoms with van der Waals surface area (Å²) in [5.74, 6) is 4.48. The van der Waals surface area contributed by atoms with Gasteiger partial charge in [0.1, 0.15) is 0 Å². The first-order valence-corrected chi connectivity index (χ1v) is 6.34. The third-order valence-electron chi connectivity index (χ3n) is 4.03. The summed E-state index contributed by atoms with van der Waals surface area (Å²) >= 11 is 0. The van der Waals surface area contributed by atoms with Crippen LogP contribution in [-0.2, 0) is 0 Å². The van der Waals surface area contributed by atoms with Crippen LogP contribution in [0.5, 0.6) is 0 Å². The first kappa shape index (κ1) is 5.06. The summed E-state index contributed by atoms with van der Waals surface area (Å²) < 4.78 is 0. The van der Waals surface area contributed by atoms with Gasteiger partial charge in [-0.25, -0.2) is 10.0 Å². The van der Waals surface area contributed by atoms with E-state index in [1.54, 1.807) is 17.9 Å². The van der Waals surface area contributed by atoms with Crippen molar-refractivity contribution in [3.05, 3.63) is 0 Å². The number of rotatable bonds is 0. The third kappa shape index (κ3) is 0.322. The highest BCUT2D eigenvalue weighted by Gasteiger charge is 2.77. The zero-order valence-electron chi connectivity index (χ0n) is 6.18. The van der Waals surface area contributed by atoms with E-state index in [0.717, 1.165) is 5.41 Å². The van der Waals surface area contributed by atoms with Crippen LogP contribution in [0.4, 0.5) is 0 Å². The minimum atomic E-state index is 0.0341. The van der Waals surface area contributed by atoms with Crippen molar-refractivity contribution in [3.63, 3.8) is 0 Å². The van der Waals surface area contributed by atoms with Gasteiger partial charge in [0.2, 0.25) is 0 Å². The molecule has 2 saturated heterocycles.